The normalized spacial score (nSPS) is 17.2. The van der Waals surface area contributed by atoms with Crippen LogP contribution in [0, 0.1) is 18.0 Å². The fourth-order valence-corrected chi connectivity index (χ4v) is 3.47. The van der Waals surface area contributed by atoms with Crippen LogP contribution in [0.5, 0.6) is 0 Å². The van der Waals surface area contributed by atoms with Crippen LogP contribution in [0.3, 0.4) is 0 Å². The van der Waals surface area contributed by atoms with Gasteiger partial charge in [-0.25, -0.2) is 4.74 Å². The van der Waals surface area contributed by atoms with Gasteiger partial charge in [-0.3, -0.25) is 0 Å². The highest BCUT2D eigenvalue weighted by Gasteiger charge is 2.19. The molecule has 2 rings (SSSR count). The summed E-state index contributed by atoms with van der Waals surface area (Å²) in [5.41, 5.74) is 4.16. The van der Waals surface area contributed by atoms with Gasteiger partial charge in [0.05, 0.1) is 0 Å². The summed E-state index contributed by atoms with van der Waals surface area (Å²) in [6.45, 7) is 6.70. The molecule has 0 atom stereocenters. The summed E-state index contributed by atoms with van der Waals surface area (Å²) in [4.78, 5) is 0. The van der Waals surface area contributed by atoms with E-state index in [1.54, 1.807) is 0 Å². The Morgan fingerprint density at radius 1 is 1.23 bits per heavy atom. The molecule has 1 aliphatic rings. The topological polar surface area (TPSA) is 26.1 Å². The first kappa shape index (κ1) is 17.1. The largest absolute Gasteiger partial charge is 0.624 e. The molecule has 1 aromatic carbocycles. The monoisotopic (exact) mass is 301 g/mol. The molecule has 2 heteroatoms. The van der Waals surface area contributed by atoms with Crippen molar-refractivity contribution in [1.82, 2.24) is 0 Å². The zero-order valence-electron chi connectivity index (χ0n) is 14.5. The van der Waals surface area contributed by atoms with Crippen LogP contribution in [0.2, 0.25) is 0 Å². The summed E-state index contributed by atoms with van der Waals surface area (Å²) in [5, 5.41) is 12.1. The van der Waals surface area contributed by atoms with Gasteiger partial charge >= 0.3 is 0 Å². The maximum Gasteiger partial charge on any atom is 0.162 e. The Morgan fingerprint density at radius 2 is 1.95 bits per heavy atom. The molecule has 122 valence electrons. The second kappa shape index (κ2) is 8.36. The van der Waals surface area contributed by atoms with Gasteiger partial charge in [0, 0.05) is 19.3 Å². The summed E-state index contributed by atoms with van der Waals surface area (Å²) in [6, 6.07) is 7.05. The van der Waals surface area contributed by atoms with Crippen LogP contribution in [-0.4, -0.2) is 17.0 Å². The molecule has 0 N–H and O–H groups in total. The SMILES string of the molecule is Cc1cc(CC(C)C)ccc1CC/C=[N+](/[O-])C1CCCCC1. The third-order valence-corrected chi connectivity index (χ3v) is 4.71. The Labute approximate surface area is 135 Å². The van der Waals surface area contributed by atoms with Crippen LogP contribution in [-0.2, 0) is 12.8 Å². The van der Waals surface area contributed by atoms with E-state index in [0.29, 0.717) is 5.92 Å². The molecule has 0 aromatic heterocycles. The van der Waals surface area contributed by atoms with E-state index in [0.717, 1.165) is 32.1 Å². The first-order chi connectivity index (χ1) is 10.6. The zero-order valence-corrected chi connectivity index (χ0v) is 14.5. The van der Waals surface area contributed by atoms with Gasteiger partial charge in [-0.15, -0.1) is 0 Å². The molecular weight excluding hydrogens is 270 g/mol. The van der Waals surface area contributed by atoms with Crippen molar-refractivity contribution in [2.24, 2.45) is 5.92 Å². The molecule has 1 aliphatic carbocycles. The third-order valence-electron chi connectivity index (χ3n) is 4.71. The molecule has 1 aromatic rings. The highest BCUT2D eigenvalue weighted by atomic mass is 16.5. The minimum Gasteiger partial charge on any atom is -0.624 e. The highest BCUT2D eigenvalue weighted by molar-refractivity contribution is 5.52. The summed E-state index contributed by atoms with van der Waals surface area (Å²) in [6.07, 6.45) is 10.7. The lowest BCUT2D eigenvalue weighted by atomic mass is 9.95. The molecule has 0 unspecified atom stereocenters. The number of hydrogen-bond donors (Lipinski definition) is 0. The number of hydrogen-bond acceptors (Lipinski definition) is 1. The van der Waals surface area contributed by atoms with Crippen LogP contribution in [0.15, 0.2) is 18.2 Å². The minimum atomic E-state index is 0.239. The summed E-state index contributed by atoms with van der Waals surface area (Å²) >= 11 is 0. The standard InChI is InChI=1S/C20H31NO/c1-16(2)14-18-11-12-19(17(3)15-18)8-7-13-21(22)20-9-5-4-6-10-20/h11-13,15-16,20H,4-10,14H2,1-3H3/b21-13+. The van der Waals surface area contributed by atoms with E-state index in [9.17, 15) is 5.21 Å². The Morgan fingerprint density at radius 3 is 2.59 bits per heavy atom. The predicted molar refractivity (Wildman–Crippen MR) is 94.6 cm³/mol. The van der Waals surface area contributed by atoms with E-state index < -0.39 is 0 Å². The van der Waals surface area contributed by atoms with Crippen LogP contribution in [0.1, 0.15) is 69.1 Å². The van der Waals surface area contributed by atoms with E-state index in [1.165, 1.54) is 40.7 Å². The molecule has 1 fully saturated rings. The van der Waals surface area contributed by atoms with E-state index in [2.05, 4.69) is 39.0 Å². The summed E-state index contributed by atoms with van der Waals surface area (Å²) in [5.74, 6) is 0.697. The number of hydroxylamine groups is 1. The van der Waals surface area contributed by atoms with Gasteiger partial charge in [-0.05, 0) is 55.2 Å². The first-order valence-electron chi connectivity index (χ1n) is 8.93. The van der Waals surface area contributed by atoms with Crippen LogP contribution in [0.4, 0.5) is 0 Å². The smallest absolute Gasteiger partial charge is 0.162 e. The van der Waals surface area contributed by atoms with Crippen molar-refractivity contribution in [2.75, 3.05) is 0 Å². The lowest BCUT2D eigenvalue weighted by molar-refractivity contribution is -0.502. The third kappa shape index (κ3) is 5.15. The van der Waals surface area contributed by atoms with E-state index in [1.807, 2.05) is 6.21 Å². The minimum absolute atomic E-state index is 0.239. The molecule has 0 amide bonds. The molecule has 0 bridgehead atoms. The predicted octanol–water partition coefficient (Wildman–Crippen LogP) is 5.04. The Hall–Kier alpha value is -1.31. The van der Waals surface area contributed by atoms with E-state index in [-0.39, 0.29) is 6.04 Å². The lowest BCUT2D eigenvalue weighted by Gasteiger charge is -2.20. The van der Waals surface area contributed by atoms with Crippen molar-refractivity contribution >= 4 is 6.21 Å². The van der Waals surface area contributed by atoms with Gasteiger partial charge in [0.15, 0.2) is 12.3 Å². The zero-order chi connectivity index (χ0) is 15.9. The van der Waals surface area contributed by atoms with Crippen LogP contribution >= 0.6 is 0 Å². The molecule has 0 aliphatic heterocycles. The molecule has 1 saturated carbocycles. The van der Waals surface area contributed by atoms with Gasteiger partial charge in [-0.1, -0.05) is 38.5 Å². The maximum absolute atomic E-state index is 12.1. The summed E-state index contributed by atoms with van der Waals surface area (Å²) < 4.78 is 1.24. The number of nitrogens with zero attached hydrogens (tertiary/aromatic N) is 1. The molecule has 0 heterocycles. The first-order valence-corrected chi connectivity index (χ1v) is 8.93. The molecule has 2 nitrogen and oxygen atoms in total. The molecular formula is C20H31NO. The van der Waals surface area contributed by atoms with Gasteiger partial charge in [-0.2, -0.15) is 0 Å². The van der Waals surface area contributed by atoms with Crippen LogP contribution < -0.4 is 0 Å². The molecule has 0 saturated heterocycles. The van der Waals surface area contributed by atoms with Crippen molar-refractivity contribution in [3.8, 4) is 0 Å². The molecule has 0 radical (unpaired) electrons. The quantitative estimate of drug-likeness (QED) is 0.313. The number of rotatable bonds is 6. The molecule has 22 heavy (non-hydrogen) atoms. The Balaban J connectivity index is 1.88. The fourth-order valence-electron chi connectivity index (χ4n) is 3.47. The van der Waals surface area contributed by atoms with Gasteiger partial charge in [0.2, 0.25) is 0 Å². The van der Waals surface area contributed by atoms with Gasteiger partial charge in [0.25, 0.3) is 0 Å². The highest BCUT2D eigenvalue weighted by Crippen LogP contribution is 2.20. The van der Waals surface area contributed by atoms with E-state index in [4.69, 9.17) is 0 Å². The summed E-state index contributed by atoms with van der Waals surface area (Å²) in [7, 11) is 0. The van der Waals surface area contributed by atoms with Crippen molar-refractivity contribution < 1.29 is 4.74 Å². The van der Waals surface area contributed by atoms with Crippen molar-refractivity contribution in [2.45, 2.75) is 78.2 Å². The average Bonchev–Trinajstić information content (AvgIpc) is 2.49. The van der Waals surface area contributed by atoms with Gasteiger partial charge in [0.1, 0.15) is 0 Å². The average molecular weight is 301 g/mol. The Bertz CT molecular complexity index is 498. The second-order valence-corrected chi connectivity index (χ2v) is 7.23. The van der Waals surface area contributed by atoms with Gasteiger partial charge < -0.3 is 5.21 Å². The Kier molecular flexibility index (Phi) is 6.48. The van der Waals surface area contributed by atoms with Crippen molar-refractivity contribution in [3.63, 3.8) is 0 Å². The van der Waals surface area contributed by atoms with E-state index >= 15 is 0 Å². The lowest BCUT2D eigenvalue weighted by Crippen LogP contribution is -2.25. The number of benzene rings is 1. The van der Waals surface area contributed by atoms with Crippen molar-refractivity contribution in [1.29, 1.82) is 0 Å². The second-order valence-electron chi connectivity index (χ2n) is 7.23. The maximum atomic E-state index is 12.1. The number of aryl methyl sites for hydroxylation is 2. The fraction of sp³-hybridized carbons (Fsp3) is 0.650. The van der Waals surface area contributed by atoms with Crippen LogP contribution in [0.25, 0.3) is 0 Å². The molecule has 0 spiro atoms. The van der Waals surface area contributed by atoms with Crippen molar-refractivity contribution in [3.05, 3.63) is 40.1 Å².